The monoisotopic (exact) mass is 565 g/mol. The number of aliphatic hydroxyl groups excluding tert-OH is 1. The molecular formula is C28H31Cl2F2N3O3. The summed E-state index contributed by atoms with van der Waals surface area (Å²) in [5, 5.41) is 19.0. The van der Waals surface area contributed by atoms with Gasteiger partial charge in [0.05, 0.1) is 22.2 Å². The molecule has 2 aromatic rings. The van der Waals surface area contributed by atoms with Crippen molar-refractivity contribution in [3.05, 3.63) is 63.1 Å². The summed E-state index contributed by atoms with van der Waals surface area (Å²) >= 11 is 12.3. The summed E-state index contributed by atoms with van der Waals surface area (Å²) in [6.45, 7) is 6.07. The number of fused-ring (bicyclic) bond motifs is 2. The van der Waals surface area contributed by atoms with E-state index in [0.29, 0.717) is 42.5 Å². The largest absolute Gasteiger partial charge is 0.393 e. The minimum atomic E-state index is -1.41. The zero-order valence-electron chi connectivity index (χ0n) is 21.4. The van der Waals surface area contributed by atoms with Crippen molar-refractivity contribution in [2.75, 3.05) is 5.32 Å². The predicted molar refractivity (Wildman–Crippen MR) is 142 cm³/mol. The molecule has 2 aromatic carbocycles. The van der Waals surface area contributed by atoms with Crippen molar-refractivity contribution in [1.82, 2.24) is 10.6 Å². The van der Waals surface area contributed by atoms with Crippen molar-refractivity contribution in [3.8, 4) is 0 Å². The number of carbonyl (C=O) groups is 2. The highest BCUT2D eigenvalue weighted by atomic mass is 35.5. The fourth-order valence-electron chi connectivity index (χ4n) is 6.52. The van der Waals surface area contributed by atoms with Crippen LogP contribution in [-0.4, -0.2) is 41.2 Å². The van der Waals surface area contributed by atoms with Crippen molar-refractivity contribution < 1.29 is 23.5 Å². The van der Waals surface area contributed by atoms with Gasteiger partial charge < -0.3 is 21.1 Å². The number of halogens is 4. The molecule has 0 radical (unpaired) electrons. The molecule has 2 amide bonds. The van der Waals surface area contributed by atoms with Gasteiger partial charge in [0.1, 0.15) is 17.0 Å². The van der Waals surface area contributed by atoms with E-state index in [2.05, 4.69) is 16.0 Å². The second-order valence-corrected chi connectivity index (χ2v) is 12.7. The van der Waals surface area contributed by atoms with E-state index in [1.807, 2.05) is 20.8 Å². The Morgan fingerprint density at radius 1 is 1.13 bits per heavy atom. The van der Waals surface area contributed by atoms with Crippen LogP contribution in [0.5, 0.6) is 0 Å². The van der Waals surface area contributed by atoms with Gasteiger partial charge in [-0.2, -0.15) is 0 Å². The van der Waals surface area contributed by atoms with Crippen LogP contribution >= 0.6 is 23.2 Å². The molecule has 3 aliphatic rings. The van der Waals surface area contributed by atoms with Gasteiger partial charge in [0.25, 0.3) is 0 Å². The zero-order valence-corrected chi connectivity index (χ0v) is 22.9. The molecule has 4 N–H and O–H groups in total. The standard InChI is InChI=1S/C28H31Cl2F2N3O3/c1-27(2,3)12-22-28(16-10-20(32)18(30)11-21(16)34-26(28)38)23(13-4-7-19(31)17(29)8-13)24(35-22)25(37)33-14-5-6-15(36)9-14/h4,7-8,10-11,14-15,22-24,35-36H,5-6,9,12H2,1-3H3,(H,33,37)(H,34,38)/t14-,15+,22+,23-,24+,28-/m0/s1. The summed E-state index contributed by atoms with van der Waals surface area (Å²) in [5.74, 6) is -2.90. The molecule has 6 atom stereocenters. The molecule has 2 fully saturated rings. The van der Waals surface area contributed by atoms with E-state index in [0.717, 1.165) is 0 Å². The lowest BCUT2D eigenvalue weighted by Crippen LogP contribution is -2.49. The van der Waals surface area contributed by atoms with Gasteiger partial charge in [0.15, 0.2) is 0 Å². The maximum Gasteiger partial charge on any atom is 0.238 e. The summed E-state index contributed by atoms with van der Waals surface area (Å²) in [6.07, 6.45) is 1.66. The Kier molecular flexibility index (Phi) is 7.00. The van der Waals surface area contributed by atoms with Gasteiger partial charge in [0, 0.05) is 23.7 Å². The number of amides is 2. The van der Waals surface area contributed by atoms with E-state index in [1.54, 1.807) is 0 Å². The van der Waals surface area contributed by atoms with E-state index in [1.165, 1.54) is 30.3 Å². The summed E-state index contributed by atoms with van der Waals surface area (Å²) in [6, 6.07) is 5.10. The first-order valence-corrected chi connectivity index (χ1v) is 13.6. The van der Waals surface area contributed by atoms with Crippen molar-refractivity contribution in [3.63, 3.8) is 0 Å². The summed E-state index contributed by atoms with van der Waals surface area (Å²) in [4.78, 5) is 27.9. The first kappa shape index (κ1) is 27.3. The fraction of sp³-hybridized carbons (Fsp3) is 0.500. The first-order chi connectivity index (χ1) is 17.8. The third kappa shape index (κ3) is 4.59. The Hall–Kier alpha value is -2.26. The highest BCUT2D eigenvalue weighted by Crippen LogP contribution is 2.57. The van der Waals surface area contributed by atoms with Crippen molar-refractivity contribution >= 4 is 40.7 Å². The number of rotatable bonds is 4. The number of hydrogen-bond acceptors (Lipinski definition) is 4. The van der Waals surface area contributed by atoms with Crippen LogP contribution in [0.2, 0.25) is 10.0 Å². The Balaban J connectivity index is 1.70. The molecule has 1 saturated carbocycles. The quantitative estimate of drug-likeness (QED) is 0.417. The lowest BCUT2D eigenvalue weighted by molar-refractivity contribution is -0.124. The number of hydrogen-bond donors (Lipinski definition) is 4. The second kappa shape index (κ2) is 9.73. The fourth-order valence-corrected chi connectivity index (χ4v) is 6.87. The minimum absolute atomic E-state index is 0.130. The van der Waals surface area contributed by atoms with Crippen LogP contribution in [-0.2, 0) is 15.0 Å². The number of aliphatic hydroxyl groups is 1. The Labute approximate surface area is 230 Å². The number of nitrogens with one attached hydrogen (secondary N) is 3. The average molecular weight is 566 g/mol. The molecule has 0 aromatic heterocycles. The van der Waals surface area contributed by atoms with E-state index in [-0.39, 0.29) is 27.4 Å². The van der Waals surface area contributed by atoms with Crippen LogP contribution < -0.4 is 16.0 Å². The molecule has 2 aliphatic heterocycles. The van der Waals surface area contributed by atoms with Crippen LogP contribution in [0.15, 0.2) is 30.3 Å². The molecular weight excluding hydrogens is 535 g/mol. The summed E-state index contributed by atoms with van der Waals surface area (Å²) < 4.78 is 29.2. The van der Waals surface area contributed by atoms with Crippen molar-refractivity contribution in [2.24, 2.45) is 5.41 Å². The average Bonchev–Trinajstić information content (AvgIpc) is 3.45. The van der Waals surface area contributed by atoms with Gasteiger partial charge in [-0.05, 0) is 66.5 Å². The normalized spacial score (nSPS) is 30.5. The summed E-state index contributed by atoms with van der Waals surface area (Å²) in [5.41, 5.74) is -0.439. The molecule has 10 heteroatoms. The maximum atomic E-state index is 14.9. The number of carbonyl (C=O) groups excluding carboxylic acids is 2. The SMILES string of the molecule is CC(C)(C)C[C@H]1N[C@@H](C(=O)N[C@H]2CC[C@@H](O)C2)[C@H](c2ccc(F)c(Cl)c2)[C@@]12C(=O)Nc1cc(Cl)c(F)cc12. The van der Waals surface area contributed by atoms with Crippen LogP contribution in [0.25, 0.3) is 0 Å². The number of anilines is 1. The second-order valence-electron chi connectivity index (χ2n) is 11.9. The Morgan fingerprint density at radius 3 is 2.47 bits per heavy atom. The molecule has 5 rings (SSSR count). The predicted octanol–water partition coefficient (Wildman–Crippen LogP) is 5.05. The van der Waals surface area contributed by atoms with E-state index in [9.17, 15) is 23.5 Å². The van der Waals surface area contributed by atoms with Gasteiger partial charge >= 0.3 is 0 Å². The smallest absolute Gasteiger partial charge is 0.238 e. The van der Waals surface area contributed by atoms with E-state index in [4.69, 9.17) is 23.2 Å². The van der Waals surface area contributed by atoms with Gasteiger partial charge in [-0.3, -0.25) is 9.59 Å². The Bertz CT molecular complexity index is 1300. The highest BCUT2D eigenvalue weighted by Gasteiger charge is 2.66. The third-order valence-corrected chi connectivity index (χ3v) is 8.62. The third-order valence-electron chi connectivity index (χ3n) is 8.04. The molecule has 1 saturated heterocycles. The van der Waals surface area contributed by atoms with Gasteiger partial charge in [0.2, 0.25) is 11.8 Å². The van der Waals surface area contributed by atoms with Gasteiger partial charge in [-0.25, -0.2) is 8.78 Å². The molecule has 38 heavy (non-hydrogen) atoms. The lowest BCUT2D eigenvalue weighted by Gasteiger charge is -2.37. The molecule has 1 aliphatic carbocycles. The van der Waals surface area contributed by atoms with Crippen LogP contribution in [0.4, 0.5) is 14.5 Å². The maximum absolute atomic E-state index is 14.9. The van der Waals surface area contributed by atoms with Crippen LogP contribution in [0.1, 0.15) is 63.5 Å². The first-order valence-electron chi connectivity index (χ1n) is 12.8. The molecule has 2 heterocycles. The molecule has 1 spiro atoms. The van der Waals surface area contributed by atoms with Crippen LogP contribution in [0.3, 0.4) is 0 Å². The molecule has 204 valence electrons. The summed E-state index contributed by atoms with van der Waals surface area (Å²) in [7, 11) is 0. The zero-order chi connectivity index (χ0) is 27.6. The van der Waals surface area contributed by atoms with E-state index < -0.39 is 47.1 Å². The molecule has 0 bridgehead atoms. The Morgan fingerprint density at radius 2 is 1.84 bits per heavy atom. The molecule has 6 nitrogen and oxygen atoms in total. The van der Waals surface area contributed by atoms with Gasteiger partial charge in [-0.1, -0.05) is 50.0 Å². The molecule has 0 unspecified atom stereocenters. The van der Waals surface area contributed by atoms with Gasteiger partial charge in [-0.15, -0.1) is 0 Å². The van der Waals surface area contributed by atoms with E-state index >= 15 is 0 Å². The number of benzene rings is 2. The van der Waals surface area contributed by atoms with Crippen molar-refractivity contribution in [2.45, 2.75) is 82.0 Å². The van der Waals surface area contributed by atoms with Crippen molar-refractivity contribution in [1.29, 1.82) is 0 Å². The highest BCUT2D eigenvalue weighted by molar-refractivity contribution is 6.31. The lowest BCUT2D eigenvalue weighted by atomic mass is 9.62. The topological polar surface area (TPSA) is 90.5 Å². The van der Waals surface area contributed by atoms with Crippen LogP contribution in [0, 0.1) is 17.0 Å². The minimum Gasteiger partial charge on any atom is -0.393 e.